The number of aliphatic hydroxyl groups excluding tert-OH is 1. The topological polar surface area (TPSA) is 118 Å². The Balaban J connectivity index is 0.000000479. The second-order valence-corrected chi connectivity index (χ2v) is 7.80. The molecule has 1 saturated heterocycles. The number of anilines is 1. The molecule has 4 N–H and O–H groups in total. The number of unbranched alkanes of at least 4 members (excludes halogenated alkanes) is 6. The predicted octanol–water partition coefficient (Wildman–Crippen LogP) is 3.95. The van der Waals surface area contributed by atoms with Crippen LogP contribution < -0.4 is 11.1 Å². The average molecular weight is 424 g/mol. The number of pyridine rings is 1. The first-order valence-corrected chi connectivity index (χ1v) is 11.6. The molecule has 0 amide bonds. The molecule has 1 aliphatic heterocycles. The molecular formula is C22H41N5O3. The van der Waals surface area contributed by atoms with E-state index >= 15 is 0 Å². The Labute approximate surface area is 181 Å². The number of hydrogen-bond acceptors (Lipinski definition) is 7. The van der Waals surface area contributed by atoms with Gasteiger partial charge in [0.2, 0.25) is 5.82 Å². The van der Waals surface area contributed by atoms with Gasteiger partial charge >= 0.3 is 5.69 Å². The molecule has 0 radical (unpaired) electrons. The molecule has 1 aromatic rings. The number of nitro groups is 1. The van der Waals surface area contributed by atoms with Gasteiger partial charge in [0.1, 0.15) is 0 Å². The smallest absolute Gasteiger partial charge is 0.311 e. The normalized spacial score (nSPS) is 14.1. The molecule has 0 atom stereocenters. The summed E-state index contributed by atoms with van der Waals surface area (Å²) in [5, 5.41) is 22.3. The summed E-state index contributed by atoms with van der Waals surface area (Å²) in [6.07, 6.45) is 14.6. The van der Waals surface area contributed by atoms with Gasteiger partial charge in [0.25, 0.3) is 0 Å². The van der Waals surface area contributed by atoms with Crippen molar-refractivity contribution in [3.8, 4) is 0 Å². The van der Waals surface area contributed by atoms with Crippen molar-refractivity contribution in [2.75, 3.05) is 44.6 Å². The summed E-state index contributed by atoms with van der Waals surface area (Å²) in [6, 6.07) is 3.07. The molecule has 0 spiro atoms. The van der Waals surface area contributed by atoms with Gasteiger partial charge in [0.15, 0.2) is 0 Å². The SMILES string of the molecule is NCCCCCCO.O=[N+]([O-])c1cccnc1NCCCCCCN1CCCCC1. The number of likely N-dealkylation sites (tertiary alicyclic amines) is 1. The monoisotopic (exact) mass is 423 g/mol. The van der Waals surface area contributed by atoms with E-state index in [1.807, 2.05) is 0 Å². The lowest BCUT2D eigenvalue weighted by Gasteiger charge is -2.26. The van der Waals surface area contributed by atoms with Crippen molar-refractivity contribution in [2.45, 2.75) is 70.6 Å². The van der Waals surface area contributed by atoms with Gasteiger partial charge in [0.05, 0.1) is 4.92 Å². The van der Waals surface area contributed by atoms with Crippen molar-refractivity contribution in [1.82, 2.24) is 9.88 Å². The summed E-state index contributed by atoms with van der Waals surface area (Å²) in [5.74, 6) is 0.376. The van der Waals surface area contributed by atoms with E-state index in [1.54, 1.807) is 12.3 Å². The van der Waals surface area contributed by atoms with Crippen LogP contribution in [0.4, 0.5) is 11.5 Å². The molecule has 2 rings (SSSR count). The predicted molar refractivity (Wildman–Crippen MR) is 123 cm³/mol. The number of nitrogens with one attached hydrogen (secondary N) is 1. The van der Waals surface area contributed by atoms with Crippen LogP contribution in [0.2, 0.25) is 0 Å². The van der Waals surface area contributed by atoms with Crippen molar-refractivity contribution < 1.29 is 10.0 Å². The molecule has 30 heavy (non-hydrogen) atoms. The van der Waals surface area contributed by atoms with Crippen LogP contribution in [0.3, 0.4) is 0 Å². The maximum atomic E-state index is 10.9. The number of aliphatic hydroxyl groups is 1. The molecule has 1 aliphatic rings. The third-order valence-electron chi connectivity index (χ3n) is 5.24. The molecular weight excluding hydrogens is 382 g/mol. The second kappa shape index (κ2) is 18.0. The number of nitrogens with two attached hydrogens (primary N) is 1. The molecule has 0 unspecified atom stereocenters. The number of aromatic nitrogens is 1. The first kappa shape index (κ1) is 26.3. The van der Waals surface area contributed by atoms with Gasteiger partial charge in [-0.25, -0.2) is 4.98 Å². The van der Waals surface area contributed by atoms with Crippen molar-refractivity contribution in [2.24, 2.45) is 5.73 Å². The zero-order valence-electron chi connectivity index (χ0n) is 18.4. The highest BCUT2D eigenvalue weighted by molar-refractivity contribution is 5.54. The summed E-state index contributed by atoms with van der Waals surface area (Å²) >= 11 is 0. The molecule has 1 fully saturated rings. The third kappa shape index (κ3) is 12.7. The van der Waals surface area contributed by atoms with Crippen LogP contribution >= 0.6 is 0 Å². The Morgan fingerprint density at radius 2 is 1.77 bits per heavy atom. The highest BCUT2D eigenvalue weighted by Crippen LogP contribution is 2.20. The van der Waals surface area contributed by atoms with Crippen molar-refractivity contribution in [1.29, 1.82) is 0 Å². The van der Waals surface area contributed by atoms with Gasteiger partial charge in [-0.3, -0.25) is 10.1 Å². The fourth-order valence-corrected chi connectivity index (χ4v) is 3.49. The lowest BCUT2D eigenvalue weighted by molar-refractivity contribution is -0.384. The summed E-state index contributed by atoms with van der Waals surface area (Å²) in [4.78, 5) is 17.1. The Morgan fingerprint density at radius 1 is 1.07 bits per heavy atom. The second-order valence-electron chi connectivity index (χ2n) is 7.80. The first-order valence-electron chi connectivity index (χ1n) is 11.6. The quantitative estimate of drug-likeness (QED) is 0.236. The largest absolute Gasteiger partial charge is 0.396 e. The molecule has 2 heterocycles. The van der Waals surface area contributed by atoms with E-state index in [9.17, 15) is 10.1 Å². The van der Waals surface area contributed by atoms with Crippen LogP contribution in [0.15, 0.2) is 18.3 Å². The lowest BCUT2D eigenvalue weighted by Crippen LogP contribution is -2.30. The number of nitrogens with zero attached hydrogens (tertiary/aromatic N) is 3. The van der Waals surface area contributed by atoms with Crippen LogP contribution in [-0.4, -0.2) is 59.2 Å². The molecule has 172 valence electrons. The van der Waals surface area contributed by atoms with E-state index in [1.165, 1.54) is 57.8 Å². The molecule has 0 aromatic carbocycles. The summed E-state index contributed by atoms with van der Waals surface area (Å²) in [6.45, 7) is 5.60. The van der Waals surface area contributed by atoms with Crippen LogP contribution in [0.25, 0.3) is 0 Å². The number of piperidine rings is 1. The van der Waals surface area contributed by atoms with E-state index < -0.39 is 4.92 Å². The van der Waals surface area contributed by atoms with Crippen LogP contribution in [0.1, 0.15) is 70.6 Å². The Kier molecular flexibility index (Phi) is 15.8. The van der Waals surface area contributed by atoms with Gasteiger partial charge in [-0.2, -0.15) is 0 Å². The Hall–Kier alpha value is -1.77. The average Bonchev–Trinajstić information content (AvgIpc) is 2.77. The third-order valence-corrected chi connectivity index (χ3v) is 5.24. The molecule has 0 aliphatic carbocycles. The van der Waals surface area contributed by atoms with E-state index in [2.05, 4.69) is 15.2 Å². The first-order chi connectivity index (χ1) is 14.7. The molecule has 8 nitrogen and oxygen atoms in total. The Bertz CT molecular complexity index is 547. The summed E-state index contributed by atoms with van der Waals surface area (Å²) in [7, 11) is 0. The maximum Gasteiger partial charge on any atom is 0.311 e. The van der Waals surface area contributed by atoms with Gasteiger partial charge < -0.3 is 21.1 Å². The molecule has 1 aromatic heterocycles. The molecule has 8 heteroatoms. The highest BCUT2D eigenvalue weighted by atomic mass is 16.6. The summed E-state index contributed by atoms with van der Waals surface area (Å²) in [5.41, 5.74) is 5.30. The number of hydrogen-bond donors (Lipinski definition) is 3. The van der Waals surface area contributed by atoms with Gasteiger partial charge in [0, 0.05) is 25.4 Å². The van der Waals surface area contributed by atoms with Gasteiger partial charge in [-0.1, -0.05) is 32.1 Å². The minimum Gasteiger partial charge on any atom is -0.396 e. The van der Waals surface area contributed by atoms with Crippen LogP contribution in [0.5, 0.6) is 0 Å². The maximum absolute atomic E-state index is 10.9. The van der Waals surface area contributed by atoms with E-state index in [0.29, 0.717) is 12.4 Å². The van der Waals surface area contributed by atoms with Gasteiger partial charge in [-0.15, -0.1) is 0 Å². The van der Waals surface area contributed by atoms with Crippen molar-refractivity contribution >= 4 is 11.5 Å². The van der Waals surface area contributed by atoms with Crippen LogP contribution in [-0.2, 0) is 0 Å². The summed E-state index contributed by atoms with van der Waals surface area (Å²) < 4.78 is 0. The van der Waals surface area contributed by atoms with E-state index in [0.717, 1.165) is 51.6 Å². The fourth-order valence-electron chi connectivity index (χ4n) is 3.49. The zero-order chi connectivity index (χ0) is 21.9. The molecule has 0 bridgehead atoms. The van der Waals surface area contributed by atoms with Crippen molar-refractivity contribution in [3.63, 3.8) is 0 Å². The van der Waals surface area contributed by atoms with E-state index in [4.69, 9.17) is 10.8 Å². The number of rotatable bonds is 14. The van der Waals surface area contributed by atoms with E-state index in [-0.39, 0.29) is 5.69 Å². The van der Waals surface area contributed by atoms with Gasteiger partial charge in [-0.05, 0) is 70.8 Å². The zero-order valence-corrected chi connectivity index (χ0v) is 18.4. The molecule has 0 saturated carbocycles. The fraction of sp³-hybridized carbons (Fsp3) is 0.773. The highest BCUT2D eigenvalue weighted by Gasteiger charge is 2.13. The minimum absolute atomic E-state index is 0.0487. The van der Waals surface area contributed by atoms with Crippen LogP contribution in [0, 0.1) is 10.1 Å². The minimum atomic E-state index is -0.395. The Morgan fingerprint density at radius 3 is 2.47 bits per heavy atom. The van der Waals surface area contributed by atoms with Crippen molar-refractivity contribution in [3.05, 3.63) is 28.4 Å². The lowest BCUT2D eigenvalue weighted by atomic mass is 10.1. The standard InChI is InChI=1S/C16H26N4O2.C6H15NO/c21-20(22)15-9-8-11-18-16(15)17-10-4-1-2-5-12-19-13-6-3-7-14-19;7-5-3-1-2-4-6-8/h8-9,11H,1-7,10,12-14H2,(H,17,18);8H,1-7H2.